The van der Waals surface area contributed by atoms with E-state index in [9.17, 15) is 4.79 Å². The standard InChI is InChI=1S/C15H22N2O3/c1-10-9-17(6-5-16-10)15(18)12-7-13(19-3)11(2)14(8-12)20-4/h7-8,10,16H,5-6,9H2,1-4H3/t10-/m0/s1. The van der Waals surface area contributed by atoms with Gasteiger partial charge in [-0.2, -0.15) is 0 Å². The summed E-state index contributed by atoms with van der Waals surface area (Å²) in [7, 11) is 3.20. The third kappa shape index (κ3) is 2.88. The number of ether oxygens (including phenoxy) is 2. The molecule has 1 atom stereocenters. The lowest BCUT2D eigenvalue weighted by Gasteiger charge is -2.32. The second-order valence-electron chi connectivity index (χ2n) is 5.11. The molecule has 1 heterocycles. The van der Waals surface area contributed by atoms with Gasteiger partial charge in [-0.1, -0.05) is 0 Å². The fourth-order valence-corrected chi connectivity index (χ4v) is 2.51. The molecule has 0 saturated carbocycles. The molecular formula is C15H22N2O3. The van der Waals surface area contributed by atoms with Crippen molar-refractivity contribution in [1.82, 2.24) is 10.2 Å². The van der Waals surface area contributed by atoms with E-state index >= 15 is 0 Å². The molecule has 0 unspecified atom stereocenters. The summed E-state index contributed by atoms with van der Waals surface area (Å²) in [5, 5.41) is 3.33. The van der Waals surface area contributed by atoms with Crippen LogP contribution in [0.25, 0.3) is 0 Å². The maximum Gasteiger partial charge on any atom is 0.254 e. The Morgan fingerprint density at radius 2 is 1.90 bits per heavy atom. The van der Waals surface area contributed by atoms with E-state index in [0.717, 1.165) is 25.2 Å². The highest BCUT2D eigenvalue weighted by atomic mass is 16.5. The molecule has 0 bridgehead atoms. The highest BCUT2D eigenvalue weighted by Crippen LogP contribution is 2.30. The van der Waals surface area contributed by atoms with Crippen LogP contribution < -0.4 is 14.8 Å². The van der Waals surface area contributed by atoms with Gasteiger partial charge in [-0.25, -0.2) is 0 Å². The summed E-state index contributed by atoms with van der Waals surface area (Å²) >= 11 is 0. The molecule has 0 aromatic heterocycles. The summed E-state index contributed by atoms with van der Waals surface area (Å²) in [5.74, 6) is 1.38. The van der Waals surface area contributed by atoms with E-state index in [-0.39, 0.29) is 5.91 Å². The van der Waals surface area contributed by atoms with Gasteiger partial charge in [0.2, 0.25) is 0 Å². The van der Waals surface area contributed by atoms with E-state index in [1.165, 1.54) is 0 Å². The Hall–Kier alpha value is -1.75. The van der Waals surface area contributed by atoms with Crippen molar-refractivity contribution in [3.8, 4) is 11.5 Å². The summed E-state index contributed by atoms with van der Waals surface area (Å²) in [6, 6.07) is 3.89. The van der Waals surface area contributed by atoms with Gasteiger partial charge in [0.05, 0.1) is 14.2 Å². The Kier molecular flexibility index (Phi) is 4.49. The van der Waals surface area contributed by atoms with Crippen molar-refractivity contribution in [2.45, 2.75) is 19.9 Å². The first-order chi connectivity index (χ1) is 9.56. The van der Waals surface area contributed by atoms with Gasteiger partial charge in [-0.3, -0.25) is 4.79 Å². The molecule has 1 fully saturated rings. The average molecular weight is 278 g/mol. The van der Waals surface area contributed by atoms with E-state index in [0.29, 0.717) is 23.1 Å². The molecule has 1 aromatic carbocycles. The fraction of sp³-hybridized carbons (Fsp3) is 0.533. The number of carbonyl (C=O) groups excluding carboxylic acids is 1. The first-order valence-electron chi connectivity index (χ1n) is 6.82. The molecule has 1 amide bonds. The summed E-state index contributed by atoms with van der Waals surface area (Å²) in [5.41, 5.74) is 1.51. The second-order valence-corrected chi connectivity index (χ2v) is 5.11. The van der Waals surface area contributed by atoms with E-state index in [2.05, 4.69) is 12.2 Å². The monoisotopic (exact) mass is 278 g/mol. The zero-order valence-electron chi connectivity index (χ0n) is 12.5. The molecular weight excluding hydrogens is 256 g/mol. The van der Waals surface area contributed by atoms with Crippen molar-refractivity contribution in [2.75, 3.05) is 33.9 Å². The van der Waals surface area contributed by atoms with Crippen LogP contribution in [-0.4, -0.2) is 50.7 Å². The van der Waals surface area contributed by atoms with Gasteiger partial charge in [0.1, 0.15) is 11.5 Å². The van der Waals surface area contributed by atoms with Crippen LogP contribution in [0.3, 0.4) is 0 Å². The third-order valence-electron chi connectivity index (χ3n) is 3.66. The molecule has 0 spiro atoms. The Morgan fingerprint density at radius 3 is 2.40 bits per heavy atom. The zero-order valence-corrected chi connectivity index (χ0v) is 12.5. The largest absolute Gasteiger partial charge is 0.496 e. The van der Waals surface area contributed by atoms with Gasteiger partial charge in [-0.05, 0) is 26.0 Å². The van der Waals surface area contributed by atoms with Crippen molar-refractivity contribution in [1.29, 1.82) is 0 Å². The number of carbonyl (C=O) groups is 1. The molecule has 20 heavy (non-hydrogen) atoms. The fourth-order valence-electron chi connectivity index (χ4n) is 2.51. The highest BCUT2D eigenvalue weighted by Gasteiger charge is 2.23. The van der Waals surface area contributed by atoms with Crippen LogP contribution in [0.2, 0.25) is 0 Å². The van der Waals surface area contributed by atoms with Gasteiger partial charge >= 0.3 is 0 Å². The highest BCUT2D eigenvalue weighted by molar-refractivity contribution is 5.95. The van der Waals surface area contributed by atoms with Crippen LogP contribution in [-0.2, 0) is 0 Å². The minimum absolute atomic E-state index is 0.0231. The van der Waals surface area contributed by atoms with E-state index < -0.39 is 0 Å². The number of piperazine rings is 1. The Labute approximate surface area is 119 Å². The normalized spacial score (nSPS) is 18.8. The Morgan fingerprint density at radius 1 is 1.30 bits per heavy atom. The molecule has 1 aromatic rings. The lowest BCUT2D eigenvalue weighted by molar-refractivity contribution is 0.0708. The van der Waals surface area contributed by atoms with Gasteiger partial charge in [-0.15, -0.1) is 0 Å². The number of benzene rings is 1. The lowest BCUT2D eigenvalue weighted by Crippen LogP contribution is -2.51. The van der Waals surface area contributed by atoms with E-state index in [1.807, 2.05) is 11.8 Å². The smallest absolute Gasteiger partial charge is 0.254 e. The number of hydrogen-bond acceptors (Lipinski definition) is 4. The van der Waals surface area contributed by atoms with Crippen molar-refractivity contribution < 1.29 is 14.3 Å². The van der Waals surface area contributed by atoms with Crippen molar-refractivity contribution in [2.24, 2.45) is 0 Å². The van der Waals surface area contributed by atoms with E-state index in [1.54, 1.807) is 26.4 Å². The molecule has 1 aliphatic rings. The summed E-state index contributed by atoms with van der Waals surface area (Å²) in [6.45, 7) is 6.26. The van der Waals surface area contributed by atoms with Crippen LogP contribution in [0, 0.1) is 6.92 Å². The first kappa shape index (κ1) is 14.7. The lowest BCUT2D eigenvalue weighted by atomic mass is 10.1. The minimum atomic E-state index is 0.0231. The molecule has 0 radical (unpaired) electrons. The SMILES string of the molecule is COc1cc(C(=O)N2CCN[C@@H](C)C2)cc(OC)c1C. The molecule has 2 rings (SSSR count). The van der Waals surface area contributed by atoms with E-state index in [4.69, 9.17) is 9.47 Å². The van der Waals surface area contributed by atoms with Crippen molar-refractivity contribution >= 4 is 5.91 Å². The zero-order chi connectivity index (χ0) is 14.7. The van der Waals surface area contributed by atoms with Crippen LogP contribution in [0.5, 0.6) is 11.5 Å². The van der Waals surface area contributed by atoms with Crippen molar-refractivity contribution in [3.05, 3.63) is 23.3 Å². The summed E-state index contributed by atoms with van der Waals surface area (Å²) < 4.78 is 10.6. The summed E-state index contributed by atoms with van der Waals surface area (Å²) in [4.78, 5) is 14.4. The predicted molar refractivity (Wildman–Crippen MR) is 77.7 cm³/mol. The first-order valence-corrected chi connectivity index (χ1v) is 6.82. The minimum Gasteiger partial charge on any atom is -0.496 e. The Bertz CT molecular complexity index is 477. The predicted octanol–water partition coefficient (Wildman–Crippen LogP) is 1.45. The van der Waals surface area contributed by atoms with Crippen LogP contribution in [0.15, 0.2) is 12.1 Å². The third-order valence-corrected chi connectivity index (χ3v) is 3.66. The van der Waals surface area contributed by atoms with Crippen LogP contribution in [0.4, 0.5) is 0 Å². The molecule has 1 N–H and O–H groups in total. The number of methoxy groups -OCH3 is 2. The number of amides is 1. The van der Waals surface area contributed by atoms with Crippen LogP contribution in [0.1, 0.15) is 22.8 Å². The van der Waals surface area contributed by atoms with Crippen LogP contribution >= 0.6 is 0 Å². The maximum absolute atomic E-state index is 12.6. The molecule has 1 saturated heterocycles. The molecule has 0 aliphatic carbocycles. The number of hydrogen-bond donors (Lipinski definition) is 1. The molecule has 5 heteroatoms. The number of rotatable bonds is 3. The summed E-state index contributed by atoms with van der Waals surface area (Å²) in [6.07, 6.45) is 0. The van der Waals surface area contributed by atoms with Gasteiger partial charge in [0.25, 0.3) is 5.91 Å². The molecule has 1 aliphatic heterocycles. The topological polar surface area (TPSA) is 50.8 Å². The average Bonchev–Trinajstić information content (AvgIpc) is 2.46. The van der Waals surface area contributed by atoms with Gasteiger partial charge in [0, 0.05) is 36.8 Å². The maximum atomic E-state index is 12.6. The molecule has 5 nitrogen and oxygen atoms in total. The Balaban J connectivity index is 2.29. The van der Waals surface area contributed by atoms with Crippen molar-refractivity contribution in [3.63, 3.8) is 0 Å². The van der Waals surface area contributed by atoms with Gasteiger partial charge in [0.15, 0.2) is 0 Å². The number of nitrogens with zero attached hydrogens (tertiary/aromatic N) is 1. The second kappa shape index (κ2) is 6.13. The van der Waals surface area contributed by atoms with Gasteiger partial charge < -0.3 is 19.7 Å². The quantitative estimate of drug-likeness (QED) is 0.909. The molecule has 110 valence electrons. The number of nitrogens with one attached hydrogen (secondary N) is 1.